The molecule has 1 N–H and O–H groups in total. The largest absolute Gasteiger partial charge is 0.497 e. The number of aromatic nitrogens is 2. The third-order valence-electron chi connectivity index (χ3n) is 6.10. The van der Waals surface area contributed by atoms with Crippen molar-refractivity contribution in [3.8, 4) is 5.75 Å². The van der Waals surface area contributed by atoms with Crippen LogP contribution in [0, 0.1) is 0 Å². The van der Waals surface area contributed by atoms with Crippen molar-refractivity contribution in [2.45, 2.75) is 32.0 Å². The van der Waals surface area contributed by atoms with Crippen molar-refractivity contribution in [2.75, 3.05) is 52.4 Å². The molecule has 7 heteroatoms. The van der Waals surface area contributed by atoms with Crippen LogP contribution in [-0.2, 0) is 22.6 Å². The molecule has 0 unspecified atom stereocenters. The van der Waals surface area contributed by atoms with Crippen molar-refractivity contribution in [1.82, 2.24) is 14.5 Å². The molecule has 7 nitrogen and oxygen atoms in total. The Bertz CT molecular complexity index is 965. The van der Waals surface area contributed by atoms with E-state index in [-0.39, 0.29) is 0 Å². The minimum Gasteiger partial charge on any atom is -0.497 e. The predicted molar refractivity (Wildman–Crippen MR) is 127 cm³/mol. The summed E-state index contributed by atoms with van der Waals surface area (Å²) in [6.45, 7) is 4.90. The van der Waals surface area contributed by atoms with Gasteiger partial charge in [-0.05, 0) is 49.1 Å². The fourth-order valence-electron chi connectivity index (χ4n) is 4.18. The van der Waals surface area contributed by atoms with E-state index >= 15 is 0 Å². The quantitative estimate of drug-likeness (QED) is 0.460. The van der Waals surface area contributed by atoms with Gasteiger partial charge in [-0.1, -0.05) is 24.3 Å². The fourth-order valence-corrected chi connectivity index (χ4v) is 4.18. The highest BCUT2D eigenvalue weighted by Gasteiger charge is 2.21. The van der Waals surface area contributed by atoms with Crippen LogP contribution < -0.4 is 10.1 Å². The number of ether oxygens (including phenoxy) is 3. The predicted octanol–water partition coefficient (Wildman–Crippen LogP) is 3.78. The van der Waals surface area contributed by atoms with Gasteiger partial charge in [0.05, 0.1) is 31.4 Å². The van der Waals surface area contributed by atoms with E-state index in [1.807, 2.05) is 30.3 Å². The summed E-state index contributed by atoms with van der Waals surface area (Å²) < 4.78 is 18.3. The number of piperidine rings is 1. The minimum atomic E-state index is 0.418. The Morgan fingerprint density at radius 1 is 1.00 bits per heavy atom. The zero-order valence-electron chi connectivity index (χ0n) is 19.1. The second-order valence-electron chi connectivity index (χ2n) is 8.24. The van der Waals surface area contributed by atoms with Crippen molar-refractivity contribution in [2.24, 2.45) is 0 Å². The number of methoxy groups -OCH3 is 2. The zero-order valence-corrected chi connectivity index (χ0v) is 19.1. The van der Waals surface area contributed by atoms with Gasteiger partial charge in [0, 0.05) is 32.8 Å². The number of hydrogen-bond donors (Lipinski definition) is 1. The third kappa shape index (κ3) is 5.79. The number of nitrogens with one attached hydrogen (secondary N) is 1. The normalized spacial score (nSPS) is 15.3. The molecular formula is C25H34N4O3. The van der Waals surface area contributed by atoms with Crippen LogP contribution in [0.2, 0.25) is 0 Å². The summed E-state index contributed by atoms with van der Waals surface area (Å²) in [6.07, 6.45) is 3.28. The van der Waals surface area contributed by atoms with Gasteiger partial charge in [0.15, 0.2) is 0 Å². The molecule has 0 bridgehead atoms. The van der Waals surface area contributed by atoms with E-state index in [9.17, 15) is 0 Å². The molecule has 1 saturated heterocycles. The maximum Gasteiger partial charge on any atom is 0.206 e. The lowest BCUT2D eigenvalue weighted by Gasteiger charge is -2.32. The third-order valence-corrected chi connectivity index (χ3v) is 6.10. The summed E-state index contributed by atoms with van der Waals surface area (Å²) >= 11 is 0. The average molecular weight is 439 g/mol. The van der Waals surface area contributed by atoms with Crippen LogP contribution in [0.25, 0.3) is 11.0 Å². The molecular weight excluding hydrogens is 404 g/mol. The minimum absolute atomic E-state index is 0.418. The lowest BCUT2D eigenvalue weighted by atomic mass is 10.0. The lowest BCUT2D eigenvalue weighted by molar-refractivity contribution is 0.0365. The first-order valence-corrected chi connectivity index (χ1v) is 11.4. The first-order valence-electron chi connectivity index (χ1n) is 11.4. The molecule has 2 heterocycles. The molecule has 0 aliphatic carbocycles. The van der Waals surface area contributed by atoms with Crippen LogP contribution in [0.15, 0.2) is 48.5 Å². The zero-order chi connectivity index (χ0) is 22.2. The number of hydrogen-bond acceptors (Lipinski definition) is 6. The van der Waals surface area contributed by atoms with Crippen LogP contribution in [0.3, 0.4) is 0 Å². The summed E-state index contributed by atoms with van der Waals surface area (Å²) in [4.78, 5) is 7.39. The fraction of sp³-hybridized carbons (Fsp3) is 0.480. The highest BCUT2D eigenvalue weighted by molar-refractivity contribution is 5.78. The Kier molecular flexibility index (Phi) is 7.98. The van der Waals surface area contributed by atoms with Gasteiger partial charge in [0.2, 0.25) is 5.95 Å². The topological polar surface area (TPSA) is 60.8 Å². The molecule has 172 valence electrons. The molecule has 0 saturated carbocycles. The van der Waals surface area contributed by atoms with Crippen molar-refractivity contribution in [3.63, 3.8) is 0 Å². The van der Waals surface area contributed by atoms with E-state index in [1.165, 1.54) is 5.56 Å². The maximum atomic E-state index is 5.80. The van der Waals surface area contributed by atoms with Gasteiger partial charge in [-0.2, -0.15) is 0 Å². The van der Waals surface area contributed by atoms with Gasteiger partial charge in [-0.15, -0.1) is 0 Å². The number of nitrogens with zero attached hydrogens (tertiary/aromatic N) is 3. The highest BCUT2D eigenvalue weighted by atomic mass is 16.5. The van der Waals surface area contributed by atoms with Crippen molar-refractivity contribution in [1.29, 1.82) is 0 Å². The Hall–Kier alpha value is -2.61. The standard InChI is InChI=1S/C25H34N4O3/c1-30-17-18-32-19-29-24-6-4-3-5-23(24)27-25(29)26-21-12-15-28(16-13-21)14-11-20-7-9-22(31-2)10-8-20/h3-10,21H,11-19H2,1-2H3,(H,26,27). The van der Waals surface area contributed by atoms with Crippen LogP contribution in [0.5, 0.6) is 5.75 Å². The number of para-hydroxylation sites is 2. The molecule has 0 atom stereocenters. The van der Waals surface area contributed by atoms with Gasteiger partial charge in [-0.25, -0.2) is 4.98 Å². The van der Waals surface area contributed by atoms with Crippen molar-refractivity contribution >= 4 is 17.0 Å². The smallest absolute Gasteiger partial charge is 0.206 e. The molecule has 1 fully saturated rings. The Labute approximate surface area is 190 Å². The summed E-state index contributed by atoms with van der Waals surface area (Å²) in [5.74, 6) is 1.80. The van der Waals surface area contributed by atoms with E-state index in [1.54, 1.807) is 14.2 Å². The van der Waals surface area contributed by atoms with Crippen LogP contribution in [0.4, 0.5) is 5.95 Å². The van der Waals surface area contributed by atoms with E-state index in [2.05, 4.69) is 33.0 Å². The molecule has 0 radical (unpaired) electrons. The molecule has 0 amide bonds. The molecule has 1 aliphatic heterocycles. The molecule has 0 spiro atoms. The number of anilines is 1. The van der Waals surface area contributed by atoms with Gasteiger partial charge < -0.3 is 24.4 Å². The number of imidazole rings is 1. The first kappa shape index (κ1) is 22.6. The summed E-state index contributed by atoms with van der Waals surface area (Å²) in [6, 6.07) is 17.0. The van der Waals surface area contributed by atoms with Crippen molar-refractivity contribution < 1.29 is 14.2 Å². The SMILES string of the molecule is COCCOCn1c(NC2CCN(CCc3ccc(OC)cc3)CC2)nc2ccccc21. The first-order chi connectivity index (χ1) is 15.8. The van der Waals surface area contributed by atoms with E-state index < -0.39 is 0 Å². The summed E-state index contributed by atoms with van der Waals surface area (Å²) in [7, 11) is 3.39. The monoisotopic (exact) mass is 438 g/mol. The number of rotatable bonds is 11. The molecule has 4 rings (SSSR count). The maximum absolute atomic E-state index is 5.80. The van der Waals surface area contributed by atoms with Gasteiger partial charge in [0.25, 0.3) is 0 Å². The van der Waals surface area contributed by atoms with Crippen molar-refractivity contribution in [3.05, 3.63) is 54.1 Å². The Morgan fingerprint density at radius 3 is 2.53 bits per heavy atom. The lowest BCUT2D eigenvalue weighted by Crippen LogP contribution is -2.40. The van der Waals surface area contributed by atoms with E-state index in [0.29, 0.717) is 26.0 Å². The summed E-state index contributed by atoms with van der Waals surface area (Å²) in [5.41, 5.74) is 3.43. The molecule has 3 aromatic rings. The second kappa shape index (κ2) is 11.3. The number of fused-ring (bicyclic) bond motifs is 1. The van der Waals surface area contributed by atoms with E-state index in [0.717, 1.165) is 61.6 Å². The van der Waals surface area contributed by atoms with Crippen LogP contribution in [-0.4, -0.2) is 67.6 Å². The average Bonchev–Trinajstić information content (AvgIpc) is 3.18. The molecule has 1 aliphatic rings. The highest BCUT2D eigenvalue weighted by Crippen LogP contribution is 2.23. The number of benzene rings is 2. The number of likely N-dealkylation sites (tertiary alicyclic amines) is 1. The second-order valence-corrected chi connectivity index (χ2v) is 8.24. The van der Waals surface area contributed by atoms with Crippen LogP contribution in [0.1, 0.15) is 18.4 Å². The molecule has 32 heavy (non-hydrogen) atoms. The van der Waals surface area contributed by atoms with E-state index in [4.69, 9.17) is 19.2 Å². The Balaban J connectivity index is 1.30. The Morgan fingerprint density at radius 2 is 1.78 bits per heavy atom. The molecule has 1 aromatic heterocycles. The molecule has 2 aromatic carbocycles. The van der Waals surface area contributed by atoms with Crippen LogP contribution >= 0.6 is 0 Å². The van der Waals surface area contributed by atoms with Gasteiger partial charge in [-0.3, -0.25) is 4.57 Å². The van der Waals surface area contributed by atoms with Gasteiger partial charge >= 0.3 is 0 Å². The van der Waals surface area contributed by atoms with Gasteiger partial charge in [0.1, 0.15) is 12.5 Å². The summed E-state index contributed by atoms with van der Waals surface area (Å²) in [5, 5.41) is 3.69.